The van der Waals surface area contributed by atoms with Crippen LogP contribution < -0.4 is 0 Å². The summed E-state index contributed by atoms with van der Waals surface area (Å²) in [7, 11) is 0. The lowest BCUT2D eigenvalue weighted by Gasteiger charge is -2.09. The van der Waals surface area contributed by atoms with Gasteiger partial charge in [-0.25, -0.2) is 0 Å². The van der Waals surface area contributed by atoms with Crippen molar-refractivity contribution in [3.8, 4) is 0 Å². The molecule has 0 saturated heterocycles. The Balaban J connectivity index is 2.60. The van der Waals surface area contributed by atoms with E-state index in [1.165, 1.54) is 0 Å². The molecule has 1 aromatic rings. The molecular weight excluding hydrogens is 224 g/mol. The molecule has 0 radical (unpaired) electrons. The second kappa shape index (κ2) is 7.01. The first kappa shape index (κ1) is 13.6. The van der Waals surface area contributed by atoms with Gasteiger partial charge in [-0.05, 0) is 20.3 Å². The minimum Gasteiger partial charge on any atom is -0.466 e. The maximum Gasteiger partial charge on any atom is 0.315 e. The van der Waals surface area contributed by atoms with E-state index in [1.807, 2.05) is 13.8 Å². The van der Waals surface area contributed by atoms with Crippen LogP contribution in [0.3, 0.4) is 0 Å². The third-order valence-corrected chi connectivity index (χ3v) is 2.11. The van der Waals surface area contributed by atoms with Crippen LogP contribution in [0.5, 0.6) is 0 Å². The molecular formula is C11H18N2O4. The molecule has 17 heavy (non-hydrogen) atoms. The zero-order chi connectivity index (χ0) is 12.7. The van der Waals surface area contributed by atoms with Crippen LogP contribution in [0.4, 0.5) is 0 Å². The first-order valence-electron chi connectivity index (χ1n) is 5.80. The van der Waals surface area contributed by atoms with E-state index in [0.29, 0.717) is 19.0 Å². The predicted molar refractivity (Wildman–Crippen MR) is 59.3 cm³/mol. The molecule has 1 rings (SSSR count). The molecule has 0 aromatic carbocycles. The molecule has 0 amide bonds. The molecule has 1 aromatic heterocycles. The number of nitrogens with zero attached hydrogens (tertiary/aromatic N) is 2. The van der Waals surface area contributed by atoms with Crippen molar-refractivity contribution < 1.29 is 18.8 Å². The van der Waals surface area contributed by atoms with Crippen LogP contribution in [-0.4, -0.2) is 29.3 Å². The van der Waals surface area contributed by atoms with Crippen molar-refractivity contribution in [2.45, 2.75) is 39.7 Å². The molecule has 1 unspecified atom stereocenters. The number of esters is 1. The van der Waals surface area contributed by atoms with Gasteiger partial charge >= 0.3 is 5.97 Å². The summed E-state index contributed by atoms with van der Waals surface area (Å²) in [6.45, 7) is 6.56. The second-order valence-electron chi connectivity index (χ2n) is 3.38. The molecule has 0 bridgehead atoms. The van der Waals surface area contributed by atoms with E-state index >= 15 is 0 Å². The molecule has 0 fully saturated rings. The Labute approximate surface area is 100 Å². The van der Waals surface area contributed by atoms with Gasteiger partial charge in [0.25, 0.3) is 0 Å². The summed E-state index contributed by atoms with van der Waals surface area (Å²) in [5.41, 5.74) is 0. The quantitative estimate of drug-likeness (QED) is 0.677. The zero-order valence-corrected chi connectivity index (χ0v) is 10.4. The molecule has 0 saturated carbocycles. The fourth-order valence-corrected chi connectivity index (χ4v) is 1.38. The van der Waals surface area contributed by atoms with Crippen LogP contribution in [-0.2, 0) is 20.7 Å². The Morgan fingerprint density at radius 2 is 2.12 bits per heavy atom. The summed E-state index contributed by atoms with van der Waals surface area (Å²) in [5.74, 6) is 0.373. The normalized spacial score (nSPS) is 12.4. The van der Waals surface area contributed by atoms with Gasteiger partial charge in [-0.1, -0.05) is 12.1 Å². The fourth-order valence-electron chi connectivity index (χ4n) is 1.38. The third kappa shape index (κ3) is 4.14. The van der Waals surface area contributed by atoms with E-state index < -0.39 is 0 Å². The number of rotatable bonds is 7. The Bertz CT molecular complexity index is 351. The number of ether oxygens (including phenoxy) is 2. The van der Waals surface area contributed by atoms with Crippen molar-refractivity contribution in [3.63, 3.8) is 0 Å². The molecule has 1 heterocycles. The molecule has 6 nitrogen and oxygen atoms in total. The zero-order valence-electron chi connectivity index (χ0n) is 10.4. The van der Waals surface area contributed by atoms with Gasteiger partial charge in [0.15, 0.2) is 0 Å². The molecule has 1 atom stereocenters. The van der Waals surface area contributed by atoms with Gasteiger partial charge in [0.2, 0.25) is 11.7 Å². The molecule has 6 heteroatoms. The molecule has 96 valence electrons. The molecule has 0 spiro atoms. The molecule has 0 aliphatic carbocycles. The van der Waals surface area contributed by atoms with Gasteiger partial charge in [-0.15, -0.1) is 0 Å². The summed E-state index contributed by atoms with van der Waals surface area (Å²) in [6.07, 6.45) is 0.579. The van der Waals surface area contributed by atoms with E-state index in [9.17, 15) is 4.79 Å². The lowest BCUT2D eigenvalue weighted by molar-refractivity contribution is -0.142. The summed E-state index contributed by atoms with van der Waals surface area (Å²) in [4.78, 5) is 15.3. The maximum atomic E-state index is 11.2. The molecule has 0 aliphatic heterocycles. The SMILES string of the molecule is CCOC(=O)Cc1nc(C(CC)OCC)no1. The van der Waals surface area contributed by atoms with Crippen molar-refractivity contribution in [1.82, 2.24) is 10.1 Å². The largest absolute Gasteiger partial charge is 0.466 e. The van der Waals surface area contributed by atoms with Gasteiger partial charge in [-0.3, -0.25) is 4.79 Å². The fraction of sp³-hybridized carbons (Fsp3) is 0.727. The van der Waals surface area contributed by atoms with Gasteiger partial charge in [0.05, 0.1) is 6.61 Å². The van der Waals surface area contributed by atoms with E-state index in [2.05, 4.69) is 10.1 Å². The van der Waals surface area contributed by atoms with Crippen LogP contribution in [0.15, 0.2) is 4.52 Å². The minimum absolute atomic E-state index is 0.00337. The predicted octanol–water partition coefficient (Wildman–Crippen LogP) is 1.66. The summed E-state index contributed by atoms with van der Waals surface area (Å²) in [5, 5.41) is 3.80. The summed E-state index contributed by atoms with van der Waals surface area (Å²) in [6, 6.07) is 0. The van der Waals surface area contributed by atoms with Gasteiger partial charge in [0, 0.05) is 6.61 Å². The van der Waals surface area contributed by atoms with Crippen LogP contribution in [0.1, 0.15) is 45.0 Å². The summed E-state index contributed by atoms with van der Waals surface area (Å²) < 4.78 is 15.2. The third-order valence-electron chi connectivity index (χ3n) is 2.11. The lowest BCUT2D eigenvalue weighted by atomic mass is 10.2. The maximum absolute atomic E-state index is 11.2. The van der Waals surface area contributed by atoms with Crippen molar-refractivity contribution >= 4 is 5.97 Å². The van der Waals surface area contributed by atoms with Gasteiger partial charge < -0.3 is 14.0 Å². The van der Waals surface area contributed by atoms with Crippen LogP contribution >= 0.6 is 0 Å². The average Bonchev–Trinajstić information content (AvgIpc) is 2.74. The van der Waals surface area contributed by atoms with Gasteiger partial charge in [0.1, 0.15) is 12.5 Å². The van der Waals surface area contributed by atoms with E-state index in [1.54, 1.807) is 6.92 Å². The number of carbonyl (C=O) groups excluding carboxylic acids is 1. The Hall–Kier alpha value is -1.43. The number of aromatic nitrogens is 2. The first-order chi connectivity index (χ1) is 8.21. The van der Waals surface area contributed by atoms with E-state index in [0.717, 1.165) is 6.42 Å². The highest BCUT2D eigenvalue weighted by Crippen LogP contribution is 2.17. The van der Waals surface area contributed by atoms with Crippen molar-refractivity contribution in [3.05, 3.63) is 11.7 Å². The van der Waals surface area contributed by atoms with Crippen LogP contribution in [0.2, 0.25) is 0 Å². The van der Waals surface area contributed by atoms with E-state index in [4.69, 9.17) is 14.0 Å². The second-order valence-corrected chi connectivity index (χ2v) is 3.38. The smallest absolute Gasteiger partial charge is 0.315 e. The standard InChI is InChI=1S/C11H18N2O4/c1-4-8(15-5-2)11-12-9(17-13-11)7-10(14)16-6-3/h8H,4-7H2,1-3H3. The monoisotopic (exact) mass is 242 g/mol. The Kier molecular flexibility index (Phi) is 5.62. The summed E-state index contributed by atoms with van der Waals surface area (Å²) >= 11 is 0. The molecule has 0 N–H and O–H groups in total. The average molecular weight is 242 g/mol. The number of hydrogen-bond acceptors (Lipinski definition) is 6. The highest BCUT2D eigenvalue weighted by molar-refractivity contribution is 5.71. The lowest BCUT2D eigenvalue weighted by Crippen LogP contribution is -2.08. The van der Waals surface area contributed by atoms with E-state index in [-0.39, 0.29) is 24.4 Å². The Morgan fingerprint density at radius 1 is 1.35 bits per heavy atom. The number of hydrogen-bond donors (Lipinski definition) is 0. The van der Waals surface area contributed by atoms with Gasteiger partial charge in [-0.2, -0.15) is 4.98 Å². The van der Waals surface area contributed by atoms with Crippen molar-refractivity contribution in [2.24, 2.45) is 0 Å². The highest BCUT2D eigenvalue weighted by atomic mass is 16.5. The van der Waals surface area contributed by atoms with Crippen molar-refractivity contribution in [1.29, 1.82) is 0 Å². The minimum atomic E-state index is -0.368. The highest BCUT2D eigenvalue weighted by Gasteiger charge is 2.18. The first-order valence-corrected chi connectivity index (χ1v) is 5.80. The topological polar surface area (TPSA) is 74.5 Å². The molecule has 0 aliphatic rings. The van der Waals surface area contributed by atoms with Crippen LogP contribution in [0, 0.1) is 0 Å². The Morgan fingerprint density at radius 3 is 2.71 bits per heavy atom. The van der Waals surface area contributed by atoms with Crippen LogP contribution in [0.25, 0.3) is 0 Å². The number of carbonyl (C=O) groups is 1. The van der Waals surface area contributed by atoms with Crippen molar-refractivity contribution in [2.75, 3.05) is 13.2 Å².